The van der Waals surface area contributed by atoms with E-state index in [1.54, 1.807) is 6.07 Å². The summed E-state index contributed by atoms with van der Waals surface area (Å²) in [6.07, 6.45) is 1.36. The first-order valence-electron chi connectivity index (χ1n) is 5.31. The summed E-state index contributed by atoms with van der Waals surface area (Å²) in [6, 6.07) is 1.56. The van der Waals surface area contributed by atoms with Crippen LogP contribution in [0, 0.1) is 0 Å². The molecule has 0 bridgehead atoms. The molecule has 88 valence electrons. The van der Waals surface area contributed by atoms with Gasteiger partial charge in [-0.15, -0.1) is 0 Å². The van der Waals surface area contributed by atoms with Gasteiger partial charge < -0.3 is 15.4 Å². The molecule has 1 aromatic heterocycles. The van der Waals surface area contributed by atoms with Crippen molar-refractivity contribution < 1.29 is 14.4 Å². The summed E-state index contributed by atoms with van der Waals surface area (Å²) < 4.78 is 5.00. The van der Waals surface area contributed by atoms with Crippen LogP contribution in [-0.2, 0) is 6.54 Å². The molecule has 0 atom stereocenters. The summed E-state index contributed by atoms with van der Waals surface area (Å²) >= 11 is 0. The largest absolute Gasteiger partial charge is 0.393 e. The Morgan fingerprint density at radius 1 is 1.62 bits per heavy atom. The number of primary amides is 1. The van der Waals surface area contributed by atoms with Crippen LogP contribution in [0.5, 0.6) is 0 Å². The van der Waals surface area contributed by atoms with E-state index in [2.05, 4.69) is 10.1 Å². The van der Waals surface area contributed by atoms with E-state index in [0.717, 1.165) is 25.9 Å². The Hall–Kier alpha value is -1.40. The third-order valence-electron chi connectivity index (χ3n) is 2.75. The fourth-order valence-corrected chi connectivity index (χ4v) is 1.80. The van der Waals surface area contributed by atoms with Crippen LogP contribution in [0.3, 0.4) is 0 Å². The minimum atomic E-state index is -0.580. The topological polar surface area (TPSA) is 92.6 Å². The normalized spacial score (nSPS) is 18.8. The van der Waals surface area contributed by atoms with Crippen molar-refractivity contribution in [3.05, 3.63) is 17.5 Å². The van der Waals surface area contributed by atoms with Crippen LogP contribution >= 0.6 is 0 Å². The Kier molecular flexibility index (Phi) is 3.21. The van der Waals surface area contributed by atoms with Crippen LogP contribution in [0.2, 0.25) is 0 Å². The van der Waals surface area contributed by atoms with E-state index in [1.165, 1.54) is 0 Å². The number of hydrogen-bond acceptors (Lipinski definition) is 5. The quantitative estimate of drug-likeness (QED) is 0.738. The number of aliphatic hydroxyl groups is 1. The smallest absolute Gasteiger partial charge is 0.270 e. The molecule has 1 saturated heterocycles. The maximum Gasteiger partial charge on any atom is 0.270 e. The average molecular weight is 225 g/mol. The molecule has 2 heterocycles. The van der Waals surface area contributed by atoms with Crippen LogP contribution in [0.1, 0.15) is 29.1 Å². The monoisotopic (exact) mass is 225 g/mol. The number of amides is 1. The van der Waals surface area contributed by atoms with Gasteiger partial charge in [-0.25, -0.2) is 0 Å². The fourth-order valence-electron chi connectivity index (χ4n) is 1.80. The highest BCUT2D eigenvalue weighted by atomic mass is 16.5. The Labute approximate surface area is 93.0 Å². The maximum absolute atomic E-state index is 10.8. The van der Waals surface area contributed by atoms with Crippen LogP contribution in [0.25, 0.3) is 0 Å². The second kappa shape index (κ2) is 4.63. The van der Waals surface area contributed by atoms with Crippen molar-refractivity contribution in [1.29, 1.82) is 0 Å². The van der Waals surface area contributed by atoms with Gasteiger partial charge in [0.25, 0.3) is 5.91 Å². The molecule has 2 rings (SSSR count). The lowest BCUT2D eigenvalue weighted by atomic mass is 10.1. The summed E-state index contributed by atoms with van der Waals surface area (Å²) in [4.78, 5) is 13.0. The number of rotatable bonds is 3. The molecule has 16 heavy (non-hydrogen) atoms. The van der Waals surface area contributed by atoms with Crippen molar-refractivity contribution in [2.24, 2.45) is 5.73 Å². The van der Waals surface area contributed by atoms with Crippen LogP contribution in [0.15, 0.2) is 10.6 Å². The number of carbonyl (C=O) groups is 1. The van der Waals surface area contributed by atoms with Gasteiger partial charge >= 0.3 is 0 Å². The number of nitrogens with zero attached hydrogens (tertiary/aromatic N) is 2. The maximum atomic E-state index is 10.8. The minimum Gasteiger partial charge on any atom is -0.393 e. The van der Waals surface area contributed by atoms with Crippen molar-refractivity contribution in [3.8, 4) is 0 Å². The van der Waals surface area contributed by atoms with Gasteiger partial charge in [-0.3, -0.25) is 9.69 Å². The van der Waals surface area contributed by atoms with Crippen LogP contribution in [-0.4, -0.2) is 40.3 Å². The first kappa shape index (κ1) is 11.1. The fraction of sp³-hybridized carbons (Fsp3) is 0.600. The molecule has 3 N–H and O–H groups in total. The highest BCUT2D eigenvalue weighted by molar-refractivity contribution is 5.90. The van der Waals surface area contributed by atoms with E-state index in [-0.39, 0.29) is 11.8 Å². The first-order chi connectivity index (χ1) is 7.65. The third-order valence-corrected chi connectivity index (χ3v) is 2.75. The van der Waals surface area contributed by atoms with Crippen molar-refractivity contribution in [2.75, 3.05) is 13.1 Å². The molecule has 1 amide bonds. The zero-order valence-electron chi connectivity index (χ0n) is 8.93. The van der Waals surface area contributed by atoms with E-state index >= 15 is 0 Å². The molecule has 0 spiro atoms. The Morgan fingerprint density at radius 2 is 2.31 bits per heavy atom. The van der Waals surface area contributed by atoms with Gasteiger partial charge in [0.1, 0.15) is 0 Å². The molecule has 6 heteroatoms. The van der Waals surface area contributed by atoms with Crippen molar-refractivity contribution in [2.45, 2.75) is 25.5 Å². The molecule has 6 nitrogen and oxygen atoms in total. The van der Waals surface area contributed by atoms with Crippen molar-refractivity contribution in [1.82, 2.24) is 10.1 Å². The Bertz CT molecular complexity index is 369. The van der Waals surface area contributed by atoms with Crippen molar-refractivity contribution in [3.63, 3.8) is 0 Å². The third kappa shape index (κ3) is 2.59. The van der Waals surface area contributed by atoms with E-state index in [1.807, 2.05) is 0 Å². The standard InChI is InChI=1S/C10H15N3O3/c11-10(15)9-5-8(16-12-9)6-13-3-1-7(14)2-4-13/h5,7,14H,1-4,6H2,(H2,11,15). The predicted octanol–water partition coefficient (Wildman–Crippen LogP) is -0.270. The molecule has 0 unspecified atom stereocenters. The van der Waals surface area contributed by atoms with E-state index < -0.39 is 5.91 Å². The van der Waals surface area contributed by atoms with Gasteiger partial charge in [0.2, 0.25) is 0 Å². The highest BCUT2D eigenvalue weighted by Crippen LogP contribution is 2.14. The summed E-state index contributed by atoms with van der Waals surface area (Å²) in [5.41, 5.74) is 5.23. The number of aromatic nitrogens is 1. The Morgan fingerprint density at radius 3 is 2.88 bits per heavy atom. The Balaban J connectivity index is 1.91. The molecule has 0 radical (unpaired) electrons. The van der Waals surface area contributed by atoms with E-state index in [0.29, 0.717) is 12.3 Å². The molecule has 1 aromatic rings. The second-order valence-corrected chi connectivity index (χ2v) is 4.05. The van der Waals surface area contributed by atoms with Gasteiger partial charge in [-0.1, -0.05) is 5.16 Å². The predicted molar refractivity (Wildman–Crippen MR) is 55.5 cm³/mol. The lowest BCUT2D eigenvalue weighted by Gasteiger charge is -2.28. The lowest BCUT2D eigenvalue weighted by Crippen LogP contribution is -2.35. The SMILES string of the molecule is NC(=O)c1cc(CN2CCC(O)CC2)on1. The van der Waals surface area contributed by atoms with Gasteiger partial charge in [-0.2, -0.15) is 0 Å². The molecule has 1 fully saturated rings. The molecule has 1 aliphatic rings. The van der Waals surface area contributed by atoms with Crippen LogP contribution in [0.4, 0.5) is 0 Å². The summed E-state index contributed by atoms with van der Waals surface area (Å²) in [6.45, 7) is 2.26. The molecular weight excluding hydrogens is 210 g/mol. The number of nitrogens with two attached hydrogens (primary N) is 1. The minimum absolute atomic E-state index is 0.159. The zero-order valence-corrected chi connectivity index (χ0v) is 8.93. The first-order valence-corrected chi connectivity index (χ1v) is 5.31. The summed E-state index contributed by atoms with van der Waals surface area (Å²) in [5.74, 6) is 0.0502. The molecule has 0 saturated carbocycles. The molecule has 0 aromatic carbocycles. The van der Waals surface area contributed by atoms with E-state index in [4.69, 9.17) is 10.3 Å². The summed E-state index contributed by atoms with van der Waals surface area (Å²) in [7, 11) is 0. The van der Waals surface area contributed by atoms with Gasteiger partial charge in [-0.05, 0) is 12.8 Å². The second-order valence-electron chi connectivity index (χ2n) is 4.05. The lowest BCUT2D eigenvalue weighted by molar-refractivity contribution is 0.0748. The van der Waals surface area contributed by atoms with Gasteiger partial charge in [0, 0.05) is 19.2 Å². The molecular formula is C10H15N3O3. The number of carbonyl (C=O) groups excluding carboxylic acids is 1. The average Bonchev–Trinajstić information content (AvgIpc) is 2.70. The summed E-state index contributed by atoms with van der Waals surface area (Å²) in [5, 5.41) is 12.9. The van der Waals surface area contributed by atoms with E-state index in [9.17, 15) is 9.90 Å². The van der Waals surface area contributed by atoms with Gasteiger partial charge in [0.15, 0.2) is 11.5 Å². The van der Waals surface area contributed by atoms with Crippen molar-refractivity contribution >= 4 is 5.91 Å². The zero-order chi connectivity index (χ0) is 11.5. The van der Waals surface area contributed by atoms with Crippen LogP contribution < -0.4 is 5.73 Å². The number of hydrogen-bond donors (Lipinski definition) is 2. The molecule has 0 aliphatic carbocycles. The number of likely N-dealkylation sites (tertiary alicyclic amines) is 1. The highest BCUT2D eigenvalue weighted by Gasteiger charge is 2.19. The molecule has 1 aliphatic heterocycles. The number of aliphatic hydroxyl groups excluding tert-OH is 1. The number of piperidine rings is 1. The van der Waals surface area contributed by atoms with Gasteiger partial charge in [0.05, 0.1) is 12.6 Å².